The highest BCUT2D eigenvalue weighted by Gasteiger charge is 2.53. The molecular weight excluding hydrogens is 336 g/mol. The van der Waals surface area contributed by atoms with Crippen LogP contribution in [0.3, 0.4) is 0 Å². The highest BCUT2D eigenvalue weighted by molar-refractivity contribution is 8.20. The molecule has 0 unspecified atom stereocenters. The molecule has 3 heterocycles. The zero-order valence-corrected chi connectivity index (χ0v) is 14.2. The number of carbonyl (C=O) groups is 2. The van der Waals surface area contributed by atoms with E-state index in [-0.39, 0.29) is 12.1 Å². The van der Waals surface area contributed by atoms with Gasteiger partial charge in [0.2, 0.25) is 0 Å². The van der Waals surface area contributed by atoms with Crippen molar-refractivity contribution < 1.29 is 9.59 Å². The Bertz CT molecular complexity index is 828. The predicted octanol–water partition coefficient (Wildman–Crippen LogP) is 3.46. The zero-order chi connectivity index (χ0) is 17.0. The van der Waals surface area contributed by atoms with E-state index < -0.39 is 10.9 Å². The van der Waals surface area contributed by atoms with E-state index in [0.717, 1.165) is 22.9 Å². The van der Waals surface area contributed by atoms with E-state index in [1.165, 1.54) is 0 Å². The summed E-state index contributed by atoms with van der Waals surface area (Å²) in [5, 5.41) is 0.814. The fraction of sp³-hybridized carbons (Fsp3) is 0.167. The highest BCUT2D eigenvalue weighted by atomic mass is 32.2. The highest BCUT2D eigenvalue weighted by Crippen LogP contribution is 2.47. The number of hydrogen-bond acceptors (Lipinski definition) is 2. The first-order valence-electron chi connectivity index (χ1n) is 8.22. The average Bonchev–Trinajstić information content (AvgIpc) is 3.12. The molecule has 5 rings (SSSR count). The Morgan fingerprint density at radius 1 is 0.680 bits per heavy atom. The Morgan fingerprint density at radius 3 is 1.56 bits per heavy atom. The van der Waals surface area contributed by atoms with Crippen LogP contribution >= 0.6 is 10.9 Å². The molecule has 0 bridgehead atoms. The molecule has 0 N–H and O–H groups in total. The molecule has 0 atom stereocenters. The van der Waals surface area contributed by atoms with Gasteiger partial charge in [0.15, 0.2) is 5.11 Å². The minimum absolute atomic E-state index is 0.0531. The second-order valence-electron chi connectivity index (χ2n) is 6.03. The van der Waals surface area contributed by atoms with Gasteiger partial charge in [-0.2, -0.15) is 0 Å². The molecule has 3 aliphatic heterocycles. The Labute approximate surface area is 148 Å². The zero-order valence-electron chi connectivity index (χ0n) is 13.4. The van der Waals surface area contributed by atoms with Crippen LogP contribution in [0.2, 0.25) is 0 Å². The van der Waals surface area contributed by atoms with Crippen LogP contribution in [0.5, 0.6) is 0 Å². The largest absolute Gasteiger partial charge is 0.341 e. The number of anilines is 2. The van der Waals surface area contributed by atoms with Gasteiger partial charge in [0, 0.05) is 13.1 Å². The van der Waals surface area contributed by atoms with Gasteiger partial charge in [-0.3, -0.25) is 9.80 Å². The minimum Gasteiger partial charge on any atom is -0.271 e. The van der Waals surface area contributed by atoms with E-state index in [1.807, 2.05) is 60.7 Å². The van der Waals surface area contributed by atoms with Crippen LogP contribution in [0.15, 0.2) is 60.7 Å². The fourth-order valence-corrected chi connectivity index (χ4v) is 5.79. The smallest absolute Gasteiger partial charge is 0.271 e. The van der Waals surface area contributed by atoms with Crippen LogP contribution in [-0.2, 0) is 0 Å². The number of benzene rings is 2. The molecule has 0 aliphatic carbocycles. The quantitative estimate of drug-likeness (QED) is 0.777. The van der Waals surface area contributed by atoms with Crippen molar-refractivity contribution in [3.8, 4) is 0 Å². The average molecular weight is 352 g/mol. The van der Waals surface area contributed by atoms with E-state index in [1.54, 1.807) is 18.4 Å². The molecule has 25 heavy (non-hydrogen) atoms. The lowest BCUT2D eigenvalue weighted by molar-refractivity contribution is 0.208. The van der Waals surface area contributed by atoms with Gasteiger partial charge < -0.3 is 0 Å². The van der Waals surface area contributed by atoms with Crippen LogP contribution in [0.1, 0.15) is 6.42 Å². The third-order valence-electron chi connectivity index (χ3n) is 4.53. The second kappa shape index (κ2) is 5.35. The standard InChI is InChI=1S/C18H16N4O2S/c23-16-19-12-7-13-20-17(24)22(15-10-5-2-6-11-15)25(18(19)20)21(16)14-8-3-1-4-9-14/h1-6,8-11H,7,12-13H2. The summed E-state index contributed by atoms with van der Waals surface area (Å²) in [5.41, 5.74) is 1.63. The van der Waals surface area contributed by atoms with E-state index in [4.69, 9.17) is 0 Å². The molecule has 2 aromatic carbocycles. The van der Waals surface area contributed by atoms with Gasteiger partial charge in [-0.1, -0.05) is 36.4 Å². The molecular formula is C18H16N4O2S. The van der Waals surface area contributed by atoms with Crippen LogP contribution in [0.25, 0.3) is 0 Å². The van der Waals surface area contributed by atoms with Crippen molar-refractivity contribution in [1.82, 2.24) is 9.80 Å². The lowest BCUT2D eigenvalue weighted by Gasteiger charge is -2.33. The summed E-state index contributed by atoms with van der Waals surface area (Å²) in [5.74, 6) is 0. The summed E-state index contributed by atoms with van der Waals surface area (Å²) in [6.07, 6.45) is 0.795. The number of urea groups is 2. The predicted molar refractivity (Wildman–Crippen MR) is 99.3 cm³/mol. The first-order valence-corrected chi connectivity index (χ1v) is 9.36. The SMILES string of the molecule is O=C1N2CCCN3C(=O)N(c4ccccc4)S(=C23)N1c1ccccc1. The first kappa shape index (κ1) is 14.5. The third-order valence-corrected chi connectivity index (χ3v) is 6.72. The first-order chi connectivity index (χ1) is 12.3. The van der Waals surface area contributed by atoms with Crippen LogP contribution in [0, 0.1) is 0 Å². The molecule has 4 amide bonds. The fourth-order valence-electron chi connectivity index (χ4n) is 3.44. The molecule has 2 aromatic rings. The van der Waals surface area contributed by atoms with E-state index in [2.05, 4.69) is 0 Å². The molecule has 126 valence electrons. The van der Waals surface area contributed by atoms with Gasteiger partial charge in [-0.05, 0) is 30.7 Å². The van der Waals surface area contributed by atoms with Crippen molar-refractivity contribution in [2.24, 2.45) is 0 Å². The molecule has 6 nitrogen and oxygen atoms in total. The number of hydrogen-bond donors (Lipinski definition) is 0. The van der Waals surface area contributed by atoms with Crippen molar-refractivity contribution in [3.63, 3.8) is 0 Å². The Balaban J connectivity index is 1.71. The summed E-state index contributed by atoms with van der Waals surface area (Å²) in [7, 11) is -0.778. The van der Waals surface area contributed by atoms with Crippen molar-refractivity contribution in [1.29, 1.82) is 0 Å². The van der Waals surface area contributed by atoms with Crippen LogP contribution < -0.4 is 8.61 Å². The van der Waals surface area contributed by atoms with Crippen molar-refractivity contribution in [2.45, 2.75) is 6.42 Å². The number of para-hydroxylation sites is 2. The van der Waals surface area contributed by atoms with Crippen molar-refractivity contribution in [2.75, 3.05) is 21.7 Å². The molecule has 1 fully saturated rings. The summed E-state index contributed by atoms with van der Waals surface area (Å²) in [4.78, 5) is 29.7. The maximum absolute atomic E-state index is 13.1. The summed E-state index contributed by atoms with van der Waals surface area (Å²) in [6, 6.07) is 19.1. The molecule has 1 saturated heterocycles. The molecule has 0 aromatic heterocycles. The number of nitrogens with zero attached hydrogens (tertiary/aromatic N) is 4. The number of rotatable bonds is 2. The summed E-state index contributed by atoms with van der Waals surface area (Å²) >= 11 is 0. The lowest BCUT2D eigenvalue weighted by atomic mass is 10.3. The minimum atomic E-state index is -0.778. The third kappa shape index (κ3) is 1.96. The Kier molecular flexibility index (Phi) is 3.11. The lowest BCUT2D eigenvalue weighted by Crippen LogP contribution is -2.53. The van der Waals surface area contributed by atoms with Gasteiger partial charge in [0.05, 0.1) is 22.2 Å². The topological polar surface area (TPSA) is 47.1 Å². The monoisotopic (exact) mass is 352 g/mol. The van der Waals surface area contributed by atoms with Crippen LogP contribution in [0.4, 0.5) is 21.0 Å². The van der Waals surface area contributed by atoms with Crippen molar-refractivity contribution in [3.05, 3.63) is 60.7 Å². The van der Waals surface area contributed by atoms with Gasteiger partial charge in [-0.15, -0.1) is 0 Å². The van der Waals surface area contributed by atoms with Crippen LogP contribution in [-0.4, -0.2) is 40.1 Å². The van der Waals surface area contributed by atoms with E-state index in [0.29, 0.717) is 13.1 Å². The van der Waals surface area contributed by atoms with Gasteiger partial charge in [0.25, 0.3) is 0 Å². The number of carbonyl (C=O) groups excluding carboxylic acids is 2. The molecule has 7 heteroatoms. The van der Waals surface area contributed by atoms with Gasteiger partial charge >= 0.3 is 12.1 Å². The molecule has 0 saturated carbocycles. The maximum atomic E-state index is 13.1. The molecule has 0 spiro atoms. The van der Waals surface area contributed by atoms with E-state index in [9.17, 15) is 9.59 Å². The Morgan fingerprint density at radius 2 is 1.12 bits per heavy atom. The van der Waals surface area contributed by atoms with Gasteiger partial charge in [-0.25, -0.2) is 18.2 Å². The van der Waals surface area contributed by atoms with E-state index >= 15 is 0 Å². The van der Waals surface area contributed by atoms with Gasteiger partial charge in [0.1, 0.15) is 0 Å². The second-order valence-corrected chi connectivity index (χ2v) is 7.65. The normalized spacial score (nSPS) is 19.9. The maximum Gasteiger partial charge on any atom is 0.341 e. The number of amides is 4. The molecule has 0 radical (unpaired) electrons. The summed E-state index contributed by atoms with van der Waals surface area (Å²) < 4.78 is 3.51. The molecule has 3 aliphatic rings. The van der Waals surface area contributed by atoms with Crippen molar-refractivity contribution >= 4 is 39.4 Å². The summed E-state index contributed by atoms with van der Waals surface area (Å²) in [6.45, 7) is 1.32. The Hall–Kier alpha value is -2.80.